The van der Waals surface area contributed by atoms with Gasteiger partial charge >= 0.3 is 0 Å². The van der Waals surface area contributed by atoms with Gasteiger partial charge in [-0.3, -0.25) is 0 Å². The van der Waals surface area contributed by atoms with Gasteiger partial charge in [-0.1, -0.05) is 12.8 Å². The second kappa shape index (κ2) is 5.52. The van der Waals surface area contributed by atoms with E-state index in [1.165, 1.54) is 25.7 Å². The van der Waals surface area contributed by atoms with E-state index in [1.54, 1.807) is 6.33 Å². The van der Waals surface area contributed by atoms with E-state index < -0.39 is 0 Å². The van der Waals surface area contributed by atoms with Gasteiger partial charge in [-0.2, -0.15) is 0 Å². The van der Waals surface area contributed by atoms with Gasteiger partial charge in [0, 0.05) is 25.7 Å². The second-order valence-electron chi connectivity index (χ2n) is 5.32. The topological polar surface area (TPSA) is 61.9 Å². The molecule has 0 unspecified atom stereocenters. The van der Waals surface area contributed by atoms with Crippen LogP contribution in [-0.4, -0.2) is 35.6 Å². The van der Waals surface area contributed by atoms with Crippen LogP contribution in [0.15, 0.2) is 12.4 Å². The zero-order valence-corrected chi connectivity index (χ0v) is 10.7. The van der Waals surface area contributed by atoms with Crippen LogP contribution in [0.25, 0.3) is 0 Å². The summed E-state index contributed by atoms with van der Waals surface area (Å²) in [5, 5.41) is 10.1. The molecule has 1 aliphatic heterocycles. The predicted octanol–water partition coefficient (Wildman–Crippen LogP) is 1.46. The number of hydrogen-bond donors (Lipinski definition) is 3. The summed E-state index contributed by atoms with van der Waals surface area (Å²) in [6.45, 7) is 3.09. The van der Waals surface area contributed by atoms with Crippen molar-refractivity contribution in [2.45, 2.75) is 31.7 Å². The van der Waals surface area contributed by atoms with Gasteiger partial charge in [0.2, 0.25) is 0 Å². The van der Waals surface area contributed by atoms with E-state index in [2.05, 4.69) is 25.9 Å². The molecule has 0 radical (unpaired) electrons. The Balaban J connectivity index is 1.52. The Bertz CT molecular complexity index is 385. The Morgan fingerprint density at radius 3 is 2.67 bits per heavy atom. The standard InChI is InChI=1S/C13H21N5/c1-2-4-10(3-1)6-15-12-5-13(17-9-16-12)18-11-7-14-8-11/h5,9-11,14H,1-4,6-8H2,(H2,15,16,17,18). The first kappa shape index (κ1) is 11.7. The van der Waals surface area contributed by atoms with Crippen LogP contribution < -0.4 is 16.0 Å². The van der Waals surface area contributed by atoms with Crippen molar-refractivity contribution < 1.29 is 0 Å². The third kappa shape index (κ3) is 2.90. The first-order valence-corrected chi connectivity index (χ1v) is 6.93. The van der Waals surface area contributed by atoms with E-state index >= 15 is 0 Å². The molecule has 0 atom stereocenters. The van der Waals surface area contributed by atoms with Crippen molar-refractivity contribution >= 4 is 11.6 Å². The third-order valence-electron chi connectivity index (χ3n) is 3.85. The lowest BCUT2D eigenvalue weighted by atomic mass is 10.1. The van der Waals surface area contributed by atoms with Crippen LogP contribution in [0.3, 0.4) is 0 Å². The summed E-state index contributed by atoms with van der Waals surface area (Å²) < 4.78 is 0. The Kier molecular flexibility index (Phi) is 3.59. The van der Waals surface area contributed by atoms with Crippen LogP contribution in [0.2, 0.25) is 0 Å². The maximum atomic E-state index is 4.27. The highest BCUT2D eigenvalue weighted by Gasteiger charge is 2.17. The molecule has 0 amide bonds. The Morgan fingerprint density at radius 1 is 1.17 bits per heavy atom. The minimum absolute atomic E-state index is 0.516. The molecular weight excluding hydrogens is 226 g/mol. The van der Waals surface area contributed by atoms with Crippen molar-refractivity contribution in [2.24, 2.45) is 5.92 Å². The zero-order chi connectivity index (χ0) is 12.2. The molecule has 3 rings (SSSR count). The molecule has 3 N–H and O–H groups in total. The van der Waals surface area contributed by atoms with Gasteiger partial charge in [-0.05, 0) is 18.8 Å². The summed E-state index contributed by atoms with van der Waals surface area (Å²) in [7, 11) is 0. The summed E-state index contributed by atoms with van der Waals surface area (Å²) in [5.41, 5.74) is 0. The summed E-state index contributed by atoms with van der Waals surface area (Å²) >= 11 is 0. The summed E-state index contributed by atoms with van der Waals surface area (Å²) in [5.74, 6) is 2.68. The molecule has 98 valence electrons. The molecular formula is C13H21N5. The van der Waals surface area contributed by atoms with Crippen molar-refractivity contribution in [1.29, 1.82) is 0 Å². The van der Waals surface area contributed by atoms with Gasteiger partial charge in [0.05, 0.1) is 6.04 Å². The lowest BCUT2D eigenvalue weighted by Gasteiger charge is -2.28. The number of anilines is 2. The fourth-order valence-corrected chi connectivity index (χ4v) is 2.60. The summed E-state index contributed by atoms with van der Waals surface area (Å²) in [4.78, 5) is 8.52. The van der Waals surface area contributed by atoms with E-state index in [4.69, 9.17) is 0 Å². The normalized spacial score (nSPS) is 20.7. The number of nitrogens with zero attached hydrogens (tertiary/aromatic N) is 2. The van der Waals surface area contributed by atoms with E-state index in [0.717, 1.165) is 37.2 Å². The van der Waals surface area contributed by atoms with Crippen molar-refractivity contribution in [3.8, 4) is 0 Å². The van der Waals surface area contributed by atoms with Gasteiger partial charge < -0.3 is 16.0 Å². The summed E-state index contributed by atoms with van der Waals surface area (Å²) in [6.07, 6.45) is 7.12. The average molecular weight is 247 g/mol. The van der Waals surface area contributed by atoms with Crippen molar-refractivity contribution in [2.75, 3.05) is 30.3 Å². The number of nitrogens with one attached hydrogen (secondary N) is 3. The van der Waals surface area contributed by atoms with Crippen LogP contribution >= 0.6 is 0 Å². The largest absolute Gasteiger partial charge is 0.370 e. The lowest BCUT2D eigenvalue weighted by Crippen LogP contribution is -2.51. The van der Waals surface area contributed by atoms with Crippen molar-refractivity contribution in [3.63, 3.8) is 0 Å². The van der Waals surface area contributed by atoms with Gasteiger partial charge in [0.15, 0.2) is 0 Å². The Labute approximate surface area is 108 Å². The minimum atomic E-state index is 0.516. The number of aromatic nitrogens is 2. The maximum absolute atomic E-state index is 4.27. The smallest absolute Gasteiger partial charge is 0.131 e. The monoisotopic (exact) mass is 247 g/mol. The van der Waals surface area contributed by atoms with Crippen LogP contribution in [0, 0.1) is 5.92 Å². The average Bonchev–Trinajstić information content (AvgIpc) is 2.85. The first-order valence-electron chi connectivity index (χ1n) is 6.93. The fourth-order valence-electron chi connectivity index (χ4n) is 2.60. The van der Waals surface area contributed by atoms with E-state index in [-0.39, 0.29) is 0 Å². The molecule has 18 heavy (non-hydrogen) atoms. The Hall–Kier alpha value is -1.36. The van der Waals surface area contributed by atoms with Crippen molar-refractivity contribution in [3.05, 3.63) is 12.4 Å². The quantitative estimate of drug-likeness (QED) is 0.735. The highest BCUT2D eigenvalue weighted by Crippen LogP contribution is 2.24. The fraction of sp³-hybridized carbons (Fsp3) is 0.692. The third-order valence-corrected chi connectivity index (χ3v) is 3.85. The molecule has 1 saturated carbocycles. The van der Waals surface area contributed by atoms with Gasteiger partial charge in [0.1, 0.15) is 18.0 Å². The molecule has 2 fully saturated rings. The first-order chi connectivity index (χ1) is 8.90. The molecule has 0 bridgehead atoms. The van der Waals surface area contributed by atoms with E-state index in [0.29, 0.717) is 6.04 Å². The highest BCUT2D eigenvalue weighted by molar-refractivity contribution is 5.47. The van der Waals surface area contributed by atoms with Gasteiger partial charge in [-0.15, -0.1) is 0 Å². The molecule has 5 nitrogen and oxygen atoms in total. The molecule has 2 heterocycles. The molecule has 0 spiro atoms. The number of rotatable bonds is 5. The van der Waals surface area contributed by atoms with E-state index in [1.807, 2.05) is 6.07 Å². The molecule has 1 aromatic heterocycles. The molecule has 2 aliphatic rings. The molecule has 1 saturated heterocycles. The minimum Gasteiger partial charge on any atom is -0.370 e. The molecule has 0 aromatic carbocycles. The number of hydrogen-bond acceptors (Lipinski definition) is 5. The van der Waals surface area contributed by atoms with Crippen molar-refractivity contribution in [1.82, 2.24) is 15.3 Å². The zero-order valence-electron chi connectivity index (χ0n) is 10.7. The SMILES string of the molecule is c1nc(NCC2CCCC2)cc(NC2CNC2)n1. The molecule has 5 heteroatoms. The molecule has 1 aromatic rings. The summed E-state index contributed by atoms with van der Waals surface area (Å²) in [6, 6.07) is 2.52. The second-order valence-corrected chi connectivity index (χ2v) is 5.32. The molecule has 1 aliphatic carbocycles. The van der Waals surface area contributed by atoms with E-state index in [9.17, 15) is 0 Å². The van der Waals surface area contributed by atoms with Gasteiger partial charge in [-0.25, -0.2) is 9.97 Å². The van der Waals surface area contributed by atoms with Crippen LogP contribution in [0.5, 0.6) is 0 Å². The Morgan fingerprint density at radius 2 is 1.94 bits per heavy atom. The lowest BCUT2D eigenvalue weighted by molar-refractivity contribution is 0.471. The maximum Gasteiger partial charge on any atom is 0.131 e. The van der Waals surface area contributed by atoms with Crippen LogP contribution in [-0.2, 0) is 0 Å². The van der Waals surface area contributed by atoms with Crippen LogP contribution in [0.4, 0.5) is 11.6 Å². The van der Waals surface area contributed by atoms with Crippen LogP contribution in [0.1, 0.15) is 25.7 Å². The van der Waals surface area contributed by atoms with Gasteiger partial charge in [0.25, 0.3) is 0 Å². The highest BCUT2D eigenvalue weighted by atomic mass is 15.1. The predicted molar refractivity (Wildman–Crippen MR) is 72.8 cm³/mol.